The lowest BCUT2D eigenvalue weighted by atomic mass is 10.1. The van der Waals surface area contributed by atoms with Gasteiger partial charge in [0.05, 0.1) is 17.7 Å². The first-order valence-electron chi connectivity index (χ1n) is 5.27. The van der Waals surface area contributed by atoms with Gasteiger partial charge in [-0.2, -0.15) is 5.10 Å². The molecule has 2 aromatic rings. The summed E-state index contributed by atoms with van der Waals surface area (Å²) in [5, 5.41) is 6.28. The smallest absolute Gasteiger partial charge is 0.264 e. The van der Waals surface area contributed by atoms with Crippen molar-refractivity contribution in [2.45, 2.75) is 6.54 Å². The van der Waals surface area contributed by atoms with Gasteiger partial charge >= 0.3 is 0 Å². The number of nitrogens with zero attached hydrogens (tertiary/aromatic N) is 3. The number of rotatable bonds is 2. The van der Waals surface area contributed by atoms with Crippen LogP contribution in [0.15, 0.2) is 24.5 Å². The molecule has 0 radical (unpaired) electrons. The SMILES string of the molecule is Nc1cccc2c1C(=O)N(Cc1ncn[nH]1)C2=O. The first-order chi connectivity index (χ1) is 8.68. The average molecular weight is 243 g/mol. The van der Waals surface area contributed by atoms with Gasteiger partial charge < -0.3 is 5.73 Å². The van der Waals surface area contributed by atoms with Crippen LogP contribution in [-0.2, 0) is 6.54 Å². The zero-order chi connectivity index (χ0) is 12.7. The second kappa shape index (κ2) is 3.66. The highest BCUT2D eigenvalue weighted by Crippen LogP contribution is 2.28. The lowest BCUT2D eigenvalue weighted by Crippen LogP contribution is -2.29. The minimum Gasteiger partial charge on any atom is -0.398 e. The van der Waals surface area contributed by atoms with E-state index in [1.165, 1.54) is 6.33 Å². The fourth-order valence-electron chi connectivity index (χ4n) is 1.96. The van der Waals surface area contributed by atoms with E-state index in [4.69, 9.17) is 5.73 Å². The van der Waals surface area contributed by atoms with Crippen LogP contribution in [-0.4, -0.2) is 31.9 Å². The number of nitrogen functional groups attached to an aromatic ring is 1. The van der Waals surface area contributed by atoms with E-state index >= 15 is 0 Å². The molecule has 0 aliphatic carbocycles. The number of fused-ring (bicyclic) bond motifs is 1. The number of nitrogens with one attached hydrogen (secondary N) is 1. The molecule has 1 aliphatic rings. The molecular formula is C11H9N5O2. The quantitative estimate of drug-likeness (QED) is 0.578. The number of hydrogen-bond donors (Lipinski definition) is 2. The number of benzene rings is 1. The number of carbonyl (C=O) groups excluding carboxylic acids is 2. The number of imide groups is 1. The first-order valence-corrected chi connectivity index (χ1v) is 5.27. The van der Waals surface area contributed by atoms with E-state index in [1.807, 2.05) is 0 Å². The number of carbonyl (C=O) groups is 2. The fourth-order valence-corrected chi connectivity index (χ4v) is 1.96. The maximum absolute atomic E-state index is 12.1. The maximum Gasteiger partial charge on any atom is 0.264 e. The fraction of sp³-hybridized carbons (Fsp3) is 0.0909. The molecule has 18 heavy (non-hydrogen) atoms. The monoisotopic (exact) mass is 243 g/mol. The number of amides is 2. The van der Waals surface area contributed by atoms with Gasteiger partial charge in [0, 0.05) is 5.69 Å². The number of aromatic amines is 1. The highest BCUT2D eigenvalue weighted by atomic mass is 16.2. The third-order valence-corrected chi connectivity index (χ3v) is 2.80. The molecule has 1 aromatic heterocycles. The molecule has 7 nitrogen and oxygen atoms in total. The minimum atomic E-state index is -0.399. The zero-order valence-corrected chi connectivity index (χ0v) is 9.25. The Morgan fingerprint density at radius 1 is 1.28 bits per heavy atom. The maximum atomic E-state index is 12.1. The normalized spacial score (nSPS) is 14.1. The Morgan fingerprint density at radius 3 is 2.78 bits per heavy atom. The van der Waals surface area contributed by atoms with Gasteiger partial charge in [-0.25, -0.2) is 4.98 Å². The summed E-state index contributed by atoms with van der Waals surface area (Å²) in [6.07, 6.45) is 1.32. The molecule has 90 valence electrons. The summed E-state index contributed by atoms with van der Waals surface area (Å²) >= 11 is 0. The van der Waals surface area contributed by atoms with Gasteiger partial charge in [0.1, 0.15) is 12.2 Å². The molecule has 0 atom stereocenters. The van der Waals surface area contributed by atoms with Crippen LogP contribution in [0.3, 0.4) is 0 Å². The van der Waals surface area contributed by atoms with E-state index in [9.17, 15) is 9.59 Å². The standard InChI is InChI=1S/C11H9N5O2/c12-7-3-1-2-6-9(7)11(18)16(10(6)17)4-8-13-5-14-15-8/h1-3,5H,4,12H2,(H,13,14,15). The van der Waals surface area contributed by atoms with Crippen LogP contribution in [0.5, 0.6) is 0 Å². The molecule has 3 N–H and O–H groups in total. The van der Waals surface area contributed by atoms with Gasteiger partial charge in [-0.1, -0.05) is 6.07 Å². The van der Waals surface area contributed by atoms with E-state index < -0.39 is 5.91 Å². The Morgan fingerprint density at radius 2 is 2.11 bits per heavy atom. The van der Waals surface area contributed by atoms with Crippen LogP contribution in [0, 0.1) is 0 Å². The third-order valence-electron chi connectivity index (χ3n) is 2.80. The second-order valence-corrected chi connectivity index (χ2v) is 3.90. The Bertz CT molecular complexity index is 635. The molecule has 3 rings (SSSR count). The summed E-state index contributed by atoms with van der Waals surface area (Å²) in [6.45, 7) is 0.0613. The van der Waals surface area contributed by atoms with Crippen LogP contribution in [0.1, 0.15) is 26.5 Å². The molecule has 0 unspecified atom stereocenters. The van der Waals surface area contributed by atoms with Gasteiger partial charge in [-0.3, -0.25) is 19.6 Å². The summed E-state index contributed by atoms with van der Waals surface area (Å²) in [7, 11) is 0. The number of hydrogen-bond acceptors (Lipinski definition) is 5. The van der Waals surface area contributed by atoms with E-state index in [2.05, 4.69) is 15.2 Å². The van der Waals surface area contributed by atoms with E-state index in [0.717, 1.165) is 4.90 Å². The molecule has 1 aromatic carbocycles. The predicted octanol–water partition coefficient (Wildman–Crippen LogP) is 0.183. The number of aromatic nitrogens is 3. The van der Waals surface area contributed by atoms with E-state index in [-0.39, 0.29) is 18.0 Å². The molecular weight excluding hydrogens is 234 g/mol. The Balaban J connectivity index is 2.00. The molecule has 0 bridgehead atoms. The minimum absolute atomic E-state index is 0.0613. The molecule has 0 saturated heterocycles. The lowest BCUT2D eigenvalue weighted by Gasteiger charge is -2.11. The van der Waals surface area contributed by atoms with E-state index in [1.54, 1.807) is 18.2 Å². The molecule has 7 heteroatoms. The Hall–Kier alpha value is -2.70. The summed E-state index contributed by atoms with van der Waals surface area (Å²) < 4.78 is 0. The van der Waals surface area contributed by atoms with Crippen LogP contribution in [0.25, 0.3) is 0 Å². The summed E-state index contributed by atoms with van der Waals surface area (Å²) in [6, 6.07) is 4.84. The van der Waals surface area contributed by atoms with Crippen molar-refractivity contribution in [3.8, 4) is 0 Å². The first kappa shape index (κ1) is 10.5. The molecule has 0 fully saturated rings. The van der Waals surface area contributed by atoms with Gasteiger partial charge in [0.15, 0.2) is 0 Å². The Kier molecular flexibility index (Phi) is 2.12. The van der Waals surface area contributed by atoms with Crippen molar-refractivity contribution < 1.29 is 9.59 Å². The van der Waals surface area contributed by atoms with Crippen molar-refractivity contribution >= 4 is 17.5 Å². The second-order valence-electron chi connectivity index (χ2n) is 3.90. The third kappa shape index (κ3) is 1.37. The summed E-state index contributed by atoms with van der Waals surface area (Å²) in [5.41, 5.74) is 6.63. The molecule has 1 aliphatic heterocycles. The number of H-pyrrole nitrogens is 1. The number of anilines is 1. The van der Waals surface area contributed by atoms with Gasteiger partial charge in [0.2, 0.25) is 0 Å². The molecule has 0 spiro atoms. The lowest BCUT2D eigenvalue weighted by molar-refractivity contribution is 0.0639. The van der Waals surface area contributed by atoms with E-state index in [0.29, 0.717) is 17.1 Å². The highest BCUT2D eigenvalue weighted by molar-refractivity contribution is 6.23. The van der Waals surface area contributed by atoms with Gasteiger partial charge in [-0.05, 0) is 12.1 Å². The van der Waals surface area contributed by atoms with Crippen molar-refractivity contribution in [1.82, 2.24) is 20.1 Å². The number of nitrogens with two attached hydrogens (primary N) is 1. The topological polar surface area (TPSA) is 105 Å². The van der Waals surface area contributed by atoms with Crippen molar-refractivity contribution in [1.29, 1.82) is 0 Å². The van der Waals surface area contributed by atoms with Crippen LogP contribution < -0.4 is 5.73 Å². The van der Waals surface area contributed by atoms with Gasteiger partial charge in [0.25, 0.3) is 11.8 Å². The summed E-state index contributed by atoms with van der Waals surface area (Å²) in [4.78, 5) is 29.2. The Labute approximate surface area is 102 Å². The van der Waals surface area contributed by atoms with Crippen LogP contribution in [0.4, 0.5) is 5.69 Å². The summed E-state index contributed by atoms with van der Waals surface area (Å²) in [5.74, 6) is -0.314. The largest absolute Gasteiger partial charge is 0.398 e. The van der Waals surface area contributed by atoms with Gasteiger partial charge in [-0.15, -0.1) is 0 Å². The van der Waals surface area contributed by atoms with Crippen molar-refractivity contribution in [2.75, 3.05) is 5.73 Å². The van der Waals surface area contributed by atoms with Crippen molar-refractivity contribution in [2.24, 2.45) is 0 Å². The zero-order valence-electron chi connectivity index (χ0n) is 9.25. The predicted molar refractivity (Wildman–Crippen MR) is 61.4 cm³/mol. The van der Waals surface area contributed by atoms with Crippen LogP contribution in [0.2, 0.25) is 0 Å². The molecule has 2 heterocycles. The van der Waals surface area contributed by atoms with Crippen LogP contribution >= 0.6 is 0 Å². The highest BCUT2D eigenvalue weighted by Gasteiger charge is 2.37. The molecule has 0 saturated carbocycles. The average Bonchev–Trinajstić information content (AvgIpc) is 2.94. The van der Waals surface area contributed by atoms with Crippen molar-refractivity contribution in [3.05, 3.63) is 41.5 Å². The van der Waals surface area contributed by atoms with Crippen molar-refractivity contribution in [3.63, 3.8) is 0 Å². The molecule has 2 amide bonds.